The van der Waals surface area contributed by atoms with Gasteiger partial charge in [-0.05, 0) is 18.6 Å². The minimum Gasteiger partial charge on any atom is -0.395 e. The smallest absolute Gasteiger partial charge is 0.264 e. The van der Waals surface area contributed by atoms with Gasteiger partial charge in [0.2, 0.25) is 0 Å². The third-order valence-electron chi connectivity index (χ3n) is 3.04. The maximum Gasteiger partial charge on any atom is 0.264 e. The molecule has 1 aromatic rings. The molecule has 1 aliphatic rings. The predicted molar refractivity (Wildman–Crippen MR) is 74.2 cm³/mol. The number of thiophene rings is 1. The van der Waals surface area contributed by atoms with Gasteiger partial charge in [-0.3, -0.25) is 4.79 Å². The van der Waals surface area contributed by atoms with E-state index in [2.05, 4.69) is 11.8 Å². The summed E-state index contributed by atoms with van der Waals surface area (Å²) >= 11 is 1.39. The summed E-state index contributed by atoms with van der Waals surface area (Å²) in [6.45, 7) is 1.41. The van der Waals surface area contributed by atoms with E-state index in [1.54, 1.807) is 4.90 Å². The number of hydrogen-bond acceptors (Lipinski definition) is 4. The number of carbonyl (C=O) groups is 1. The monoisotopic (exact) mass is 279 g/mol. The quantitative estimate of drug-likeness (QED) is 0.850. The molecule has 0 spiro atoms. The second-order valence-corrected chi connectivity index (χ2v) is 5.46. The lowest BCUT2D eigenvalue weighted by Crippen LogP contribution is -2.36. The van der Waals surface area contributed by atoms with Gasteiger partial charge in [-0.2, -0.15) is 0 Å². The second-order valence-electron chi connectivity index (χ2n) is 4.37. The number of hydrogen-bond donors (Lipinski definition) is 1. The van der Waals surface area contributed by atoms with Gasteiger partial charge in [-0.25, -0.2) is 0 Å². The van der Waals surface area contributed by atoms with Gasteiger partial charge in [-0.15, -0.1) is 11.3 Å². The topological polar surface area (TPSA) is 49.8 Å². The molecule has 2 rings (SSSR count). The minimum atomic E-state index is 0.0238. The highest BCUT2D eigenvalue weighted by atomic mass is 32.1. The van der Waals surface area contributed by atoms with E-state index >= 15 is 0 Å². The van der Waals surface area contributed by atoms with Gasteiger partial charge >= 0.3 is 0 Å². The van der Waals surface area contributed by atoms with E-state index in [1.165, 1.54) is 11.3 Å². The minimum absolute atomic E-state index is 0.0238. The molecule has 0 radical (unpaired) electrons. The van der Waals surface area contributed by atoms with Crippen LogP contribution in [-0.2, 0) is 4.74 Å². The molecule has 1 N–H and O–H groups in total. The van der Waals surface area contributed by atoms with Crippen LogP contribution in [0.2, 0.25) is 0 Å². The first-order chi connectivity index (χ1) is 9.22. The van der Waals surface area contributed by atoms with E-state index in [9.17, 15) is 4.79 Å². The molecule has 0 aliphatic carbocycles. The van der Waals surface area contributed by atoms with Crippen LogP contribution in [-0.4, -0.2) is 48.8 Å². The molecule has 0 aromatic carbocycles. The first-order valence-corrected chi connectivity index (χ1v) is 7.08. The van der Waals surface area contributed by atoms with Crippen LogP contribution in [0.4, 0.5) is 0 Å². The van der Waals surface area contributed by atoms with Crippen molar-refractivity contribution < 1.29 is 14.6 Å². The Labute approximate surface area is 117 Å². The van der Waals surface area contributed by atoms with Gasteiger partial charge in [0.25, 0.3) is 5.91 Å². The Hall–Kier alpha value is -1.35. The number of aliphatic hydroxyl groups is 1. The Morgan fingerprint density at radius 3 is 3.16 bits per heavy atom. The van der Waals surface area contributed by atoms with Crippen LogP contribution in [0.1, 0.15) is 27.4 Å². The number of carbonyl (C=O) groups excluding carboxylic acids is 1. The van der Waals surface area contributed by atoms with Crippen molar-refractivity contribution in [3.8, 4) is 11.8 Å². The average Bonchev–Trinajstić information content (AvgIpc) is 3.08. The van der Waals surface area contributed by atoms with Gasteiger partial charge in [0.1, 0.15) is 0 Å². The van der Waals surface area contributed by atoms with Gasteiger partial charge in [-0.1, -0.05) is 11.8 Å². The van der Waals surface area contributed by atoms with Crippen LogP contribution < -0.4 is 0 Å². The van der Waals surface area contributed by atoms with Crippen LogP contribution >= 0.6 is 11.3 Å². The van der Waals surface area contributed by atoms with E-state index in [0.717, 1.165) is 17.9 Å². The maximum atomic E-state index is 12.3. The Morgan fingerprint density at radius 1 is 1.63 bits per heavy atom. The summed E-state index contributed by atoms with van der Waals surface area (Å²) in [7, 11) is 1.82. The third kappa shape index (κ3) is 3.57. The number of nitrogens with zero attached hydrogens (tertiary/aromatic N) is 1. The van der Waals surface area contributed by atoms with Crippen LogP contribution in [0.15, 0.2) is 12.1 Å². The zero-order chi connectivity index (χ0) is 13.7. The van der Waals surface area contributed by atoms with Gasteiger partial charge in [0.05, 0.1) is 29.0 Å². The Morgan fingerprint density at radius 2 is 2.47 bits per heavy atom. The first-order valence-electron chi connectivity index (χ1n) is 6.27. The number of ether oxygens (including phenoxy) is 1. The SMILES string of the molecule is CN(C(=O)c1ccc(C#CCCO)s1)C1CCOC1. The molecule has 5 heteroatoms. The standard InChI is InChI=1S/C14H17NO3S/c1-15(11-7-9-18-10-11)14(17)13-6-5-12(19-13)4-2-3-8-16/h5-6,11,16H,3,7-10H2,1H3. The molecule has 0 saturated carbocycles. The van der Waals surface area contributed by atoms with Crippen molar-refractivity contribution in [2.24, 2.45) is 0 Å². The zero-order valence-electron chi connectivity index (χ0n) is 10.9. The summed E-state index contributed by atoms with van der Waals surface area (Å²) in [6.07, 6.45) is 1.36. The van der Waals surface area contributed by atoms with Gasteiger partial charge in [0.15, 0.2) is 0 Å². The van der Waals surface area contributed by atoms with E-state index in [1.807, 2.05) is 19.2 Å². The largest absolute Gasteiger partial charge is 0.395 e. The normalized spacial score (nSPS) is 17.9. The third-order valence-corrected chi connectivity index (χ3v) is 4.03. The van der Waals surface area contributed by atoms with Crippen LogP contribution in [0.3, 0.4) is 0 Å². The van der Waals surface area contributed by atoms with Crippen LogP contribution in [0.25, 0.3) is 0 Å². The molecule has 1 saturated heterocycles. The van der Waals surface area contributed by atoms with Crippen LogP contribution in [0.5, 0.6) is 0 Å². The fourth-order valence-corrected chi connectivity index (χ4v) is 2.76. The summed E-state index contributed by atoms with van der Waals surface area (Å²) in [6, 6.07) is 3.84. The summed E-state index contributed by atoms with van der Waals surface area (Å²) < 4.78 is 5.30. The van der Waals surface area contributed by atoms with E-state index in [-0.39, 0.29) is 18.6 Å². The van der Waals surface area contributed by atoms with Crippen molar-refractivity contribution >= 4 is 17.2 Å². The molecule has 1 unspecified atom stereocenters. The molecular weight excluding hydrogens is 262 g/mol. The van der Waals surface area contributed by atoms with E-state index in [0.29, 0.717) is 17.9 Å². The molecule has 1 fully saturated rings. The van der Waals surface area contributed by atoms with Crippen LogP contribution in [0, 0.1) is 11.8 Å². The fourth-order valence-electron chi connectivity index (χ4n) is 1.89. The molecule has 1 aliphatic heterocycles. The Balaban J connectivity index is 2.01. The molecule has 19 heavy (non-hydrogen) atoms. The Bertz CT molecular complexity index is 494. The van der Waals surface area contributed by atoms with Crippen molar-refractivity contribution in [3.63, 3.8) is 0 Å². The second kappa shape index (κ2) is 6.71. The number of aliphatic hydroxyl groups excluding tert-OH is 1. The van der Waals surface area contributed by atoms with E-state index in [4.69, 9.17) is 9.84 Å². The lowest BCUT2D eigenvalue weighted by molar-refractivity contribution is 0.0716. The molecule has 2 heterocycles. The summed E-state index contributed by atoms with van der Waals surface area (Å²) in [4.78, 5) is 15.6. The predicted octanol–water partition coefficient (Wildman–Crippen LogP) is 1.34. The molecule has 102 valence electrons. The number of likely N-dealkylation sites (N-methyl/N-ethyl adjacent to an activating group) is 1. The fraction of sp³-hybridized carbons (Fsp3) is 0.500. The summed E-state index contributed by atoms with van der Waals surface area (Å²) in [5.41, 5.74) is 0. The maximum absolute atomic E-state index is 12.3. The number of rotatable bonds is 3. The lowest BCUT2D eigenvalue weighted by atomic mass is 10.2. The van der Waals surface area contributed by atoms with Crippen molar-refractivity contribution in [2.45, 2.75) is 18.9 Å². The molecule has 1 atom stereocenters. The van der Waals surface area contributed by atoms with Gasteiger partial charge < -0.3 is 14.7 Å². The van der Waals surface area contributed by atoms with Crippen molar-refractivity contribution in [2.75, 3.05) is 26.9 Å². The average molecular weight is 279 g/mol. The Kier molecular flexibility index (Phi) is 4.97. The molecule has 4 nitrogen and oxygen atoms in total. The number of amides is 1. The zero-order valence-corrected chi connectivity index (χ0v) is 11.7. The van der Waals surface area contributed by atoms with Crippen molar-refractivity contribution in [1.82, 2.24) is 4.90 Å². The highest BCUT2D eigenvalue weighted by Crippen LogP contribution is 2.20. The van der Waals surface area contributed by atoms with E-state index < -0.39 is 0 Å². The lowest BCUT2D eigenvalue weighted by Gasteiger charge is -2.22. The van der Waals surface area contributed by atoms with Gasteiger partial charge in [0, 0.05) is 20.1 Å². The summed E-state index contributed by atoms with van der Waals surface area (Å²) in [5.74, 6) is 5.82. The first kappa shape index (κ1) is 14.1. The van der Waals surface area contributed by atoms with Crippen molar-refractivity contribution in [1.29, 1.82) is 0 Å². The molecule has 0 bridgehead atoms. The highest BCUT2D eigenvalue weighted by molar-refractivity contribution is 7.14. The molecule has 1 aromatic heterocycles. The molecular formula is C14H17NO3S. The molecule has 1 amide bonds. The van der Waals surface area contributed by atoms with Crippen molar-refractivity contribution in [3.05, 3.63) is 21.9 Å². The summed E-state index contributed by atoms with van der Waals surface area (Å²) in [5, 5.41) is 8.66. The highest BCUT2D eigenvalue weighted by Gasteiger charge is 2.25.